The third kappa shape index (κ3) is 1.05. The number of carbonyl (C=O) groups excluding carboxylic acids is 1. The molecule has 1 rings (SSSR count). The van der Waals surface area contributed by atoms with Crippen molar-refractivity contribution in [1.29, 1.82) is 0 Å². The molecule has 2 N–H and O–H groups in total. The minimum Gasteiger partial charge on any atom is -0.294 e. The van der Waals surface area contributed by atoms with Crippen molar-refractivity contribution in [1.82, 2.24) is 10.6 Å². The van der Waals surface area contributed by atoms with Crippen LogP contribution in [0.5, 0.6) is 0 Å². The van der Waals surface area contributed by atoms with Gasteiger partial charge in [0.2, 0.25) is 0 Å². The Balaban J connectivity index is 2.54. The maximum atomic E-state index is 10.3. The van der Waals surface area contributed by atoms with Crippen LogP contribution in [0.2, 0.25) is 0 Å². The van der Waals surface area contributed by atoms with Gasteiger partial charge >= 0.3 is 0 Å². The fourth-order valence-electron chi connectivity index (χ4n) is 0.470. The number of hydrazine groups is 1. The highest BCUT2D eigenvalue weighted by Crippen LogP contribution is 1.85. The molecule has 0 fully saturated rings. The second-order valence-electron chi connectivity index (χ2n) is 1.46. The minimum atomic E-state index is -0.293. The Morgan fingerprint density at radius 3 is 3.00 bits per heavy atom. The molecule has 1 heterocycles. The molecule has 4 heteroatoms. The van der Waals surface area contributed by atoms with Crippen LogP contribution >= 0.6 is 0 Å². The van der Waals surface area contributed by atoms with E-state index in [0.29, 0.717) is 6.54 Å². The first kappa shape index (κ1) is 5.27. The van der Waals surface area contributed by atoms with Gasteiger partial charge in [-0.2, -0.15) is 0 Å². The van der Waals surface area contributed by atoms with E-state index in [9.17, 15) is 4.79 Å². The Labute approximate surface area is 46.3 Å². The van der Waals surface area contributed by atoms with Gasteiger partial charge < -0.3 is 0 Å². The summed E-state index contributed by atoms with van der Waals surface area (Å²) in [7, 11) is 0. The fraction of sp³-hybridized carbons (Fsp3) is 0.250. The molecule has 0 aromatic heterocycles. The van der Waals surface area contributed by atoms with Crippen molar-refractivity contribution >= 4 is 5.91 Å². The van der Waals surface area contributed by atoms with Gasteiger partial charge in [0.15, 0.2) is 0 Å². The zero-order valence-corrected chi connectivity index (χ0v) is 4.16. The summed E-state index contributed by atoms with van der Waals surface area (Å²) in [6, 6.07) is 0. The average molecular weight is 114 g/mol. The SMILES string of the molecule is O=C1C=CCN(O)N1. The maximum absolute atomic E-state index is 10.3. The molecular weight excluding hydrogens is 108 g/mol. The van der Waals surface area contributed by atoms with Crippen molar-refractivity contribution in [2.24, 2.45) is 0 Å². The van der Waals surface area contributed by atoms with E-state index in [1.807, 2.05) is 0 Å². The molecule has 0 unspecified atom stereocenters. The van der Waals surface area contributed by atoms with Crippen molar-refractivity contribution in [3.05, 3.63) is 12.2 Å². The molecular formula is C4H6N2O2. The molecule has 0 radical (unpaired) electrons. The zero-order chi connectivity index (χ0) is 5.98. The summed E-state index contributed by atoms with van der Waals surface area (Å²) in [6.45, 7) is 0.353. The summed E-state index contributed by atoms with van der Waals surface area (Å²) in [5.74, 6) is -0.293. The molecule has 1 amide bonds. The molecule has 1 aliphatic heterocycles. The number of carbonyl (C=O) groups is 1. The predicted octanol–water partition coefficient (Wildman–Crippen LogP) is -0.721. The normalized spacial score (nSPS) is 20.9. The van der Waals surface area contributed by atoms with Gasteiger partial charge in [0.05, 0.1) is 6.54 Å². The van der Waals surface area contributed by atoms with Crippen molar-refractivity contribution in [3.8, 4) is 0 Å². The second kappa shape index (κ2) is 1.94. The Kier molecular flexibility index (Phi) is 1.27. The van der Waals surface area contributed by atoms with Crippen LogP contribution in [0.1, 0.15) is 0 Å². The summed E-state index contributed by atoms with van der Waals surface area (Å²) in [5.41, 5.74) is 2.14. The number of hydrogen-bond donors (Lipinski definition) is 2. The molecule has 0 atom stereocenters. The van der Waals surface area contributed by atoms with Crippen LogP contribution in [0.3, 0.4) is 0 Å². The lowest BCUT2D eigenvalue weighted by atomic mass is 10.4. The smallest absolute Gasteiger partial charge is 0.259 e. The molecule has 0 spiro atoms. The van der Waals surface area contributed by atoms with Crippen LogP contribution in [-0.2, 0) is 4.79 Å². The largest absolute Gasteiger partial charge is 0.294 e. The van der Waals surface area contributed by atoms with Crippen LogP contribution in [-0.4, -0.2) is 22.8 Å². The van der Waals surface area contributed by atoms with Crippen molar-refractivity contribution in [3.63, 3.8) is 0 Å². The maximum Gasteiger partial charge on any atom is 0.259 e. The van der Waals surface area contributed by atoms with Crippen LogP contribution in [0, 0.1) is 0 Å². The van der Waals surface area contributed by atoms with Gasteiger partial charge in [-0.15, -0.1) is 0 Å². The lowest BCUT2D eigenvalue weighted by Crippen LogP contribution is -2.41. The summed E-state index contributed by atoms with van der Waals surface area (Å²) in [6.07, 6.45) is 2.94. The minimum absolute atomic E-state index is 0.293. The van der Waals surface area contributed by atoms with Crippen LogP contribution in [0.15, 0.2) is 12.2 Å². The second-order valence-corrected chi connectivity index (χ2v) is 1.46. The molecule has 0 aromatic carbocycles. The lowest BCUT2D eigenvalue weighted by Gasteiger charge is -2.15. The third-order valence-electron chi connectivity index (χ3n) is 0.787. The third-order valence-corrected chi connectivity index (χ3v) is 0.787. The molecule has 8 heavy (non-hydrogen) atoms. The van der Waals surface area contributed by atoms with Crippen molar-refractivity contribution < 1.29 is 10.0 Å². The van der Waals surface area contributed by atoms with E-state index in [-0.39, 0.29) is 5.91 Å². The zero-order valence-electron chi connectivity index (χ0n) is 4.16. The van der Waals surface area contributed by atoms with Crippen molar-refractivity contribution in [2.75, 3.05) is 6.54 Å². The van der Waals surface area contributed by atoms with E-state index in [0.717, 1.165) is 5.17 Å². The number of nitrogens with zero attached hydrogens (tertiary/aromatic N) is 1. The van der Waals surface area contributed by atoms with Crippen molar-refractivity contribution in [2.45, 2.75) is 0 Å². The fourth-order valence-corrected chi connectivity index (χ4v) is 0.470. The Morgan fingerprint density at radius 1 is 1.88 bits per heavy atom. The summed E-state index contributed by atoms with van der Waals surface area (Å²) >= 11 is 0. The number of rotatable bonds is 0. The lowest BCUT2D eigenvalue weighted by molar-refractivity contribution is -0.155. The monoisotopic (exact) mass is 114 g/mol. The van der Waals surface area contributed by atoms with E-state index in [1.54, 1.807) is 6.08 Å². The van der Waals surface area contributed by atoms with Gasteiger partial charge in [-0.1, -0.05) is 11.2 Å². The van der Waals surface area contributed by atoms with Crippen LogP contribution in [0.4, 0.5) is 0 Å². The molecule has 1 aliphatic rings. The van der Waals surface area contributed by atoms with E-state index < -0.39 is 0 Å². The molecule has 0 bridgehead atoms. The number of hydroxylamine groups is 1. The standard InChI is InChI=1S/C4H6N2O2/c7-4-2-1-3-6(8)5-4/h1-2,8H,3H2,(H,5,7). The summed E-state index contributed by atoms with van der Waals surface area (Å²) in [5, 5.41) is 9.25. The Bertz CT molecular complexity index is 132. The molecule has 44 valence electrons. The molecule has 0 saturated carbocycles. The Morgan fingerprint density at radius 2 is 2.62 bits per heavy atom. The average Bonchev–Trinajstić information content (AvgIpc) is 1.64. The van der Waals surface area contributed by atoms with Gasteiger partial charge in [0.25, 0.3) is 5.91 Å². The number of amides is 1. The first-order valence-corrected chi connectivity index (χ1v) is 2.22. The summed E-state index contributed by atoms with van der Waals surface area (Å²) < 4.78 is 0. The first-order valence-electron chi connectivity index (χ1n) is 2.22. The van der Waals surface area contributed by atoms with Gasteiger partial charge in [-0.3, -0.25) is 15.4 Å². The van der Waals surface area contributed by atoms with E-state index in [4.69, 9.17) is 5.21 Å². The van der Waals surface area contributed by atoms with Crippen LogP contribution in [0.25, 0.3) is 0 Å². The number of nitrogens with one attached hydrogen (secondary N) is 1. The van der Waals surface area contributed by atoms with E-state index in [2.05, 4.69) is 5.43 Å². The predicted molar refractivity (Wildman–Crippen MR) is 25.8 cm³/mol. The molecule has 0 saturated heterocycles. The quantitative estimate of drug-likeness (QED) is 0.437. The summed E-state index contributed by atoms with van der Waals surface area (Å²) in [4.78, 5) is 10.3. The highest BCUT2D eigenvalue weighted by Gasteiger charge is 2.04. The van der Waals surface area contributed by atoms with Gasteiger partial charge in [0.1, 0.15) is 0 Å². The van der Waals surface area contributed by atoms with Gasteiger partial charge in [0, 0.05) is 6.08 Å². The number of hydrogen-bond acceptors (Lipinski definition) is 3. The highest BCUT2D eigenvalue weighted by atomic mass is 16.5. The first-order chi connectivity index (χ1) is 3.79. The van der Waals surface area contributed by atoms with Crippen LogP contribution < -0.4 is 5.43 Å². The Hall–Kier alpha value is -0.870. The van der Waals surface area contributed by atoms with E-state index >= 15 is 0 Å². The van der Waals surface area contributed by atoms with Gasteiger partial charge in [-0.05, 0) is 0 Å². The van der Waals surface area contributed by atoms with E-state index in [1.165, 1.54) is 6.08 Å². The van der Waals surface area contributed by atoms with Gasteiger partial charge in [-0.25, -0.2) is 0 Å². The highest BCUT2D eigenvalue weighted by molar-refractivity contribution is 5.87. The molecule has 0 aromatic rings. The topological polar surface area (TPSA) is 52.6 Å². The molecule has 0 aliphatic carbocycles. The molecule has 4 nitrogen and oxygen atoms in total.